The van der Waals surface area contributed by atoms with Gasteiger partial charge in [-0.25, -0.2) is 13.1 Å². The molecule has 0 spiro atoms. The van der Waals surface area contributed by atoms with Crippen LogP contribution in [0.2, 0.25) is 0 Å². The van der Waals surface area contributed by atoms with Crippen molar-refractivity contribution in [2.45, 2.75) is 63.3 Å². The molecule has 33 heavy (non-hydrogen) atoms. The number of piperidine rings is 1. The molecule has 10 heteroatoms. The van der Waals surface area contributed by atoms with Crippen molar-refractivity contribution in [3.63, 3.8) is 0 Å². The van der Waals surface area contributed by atoms with Gasteiger partial charge in [-0.1, -0.05) is 25.0 Å². The zero-order valence-electron chi connectivity index (χ0n) is 19.6. The molecule has 1 atom stereocenters. The van der Waals surface area contributed by atoms with Gasteiger partial charge in [-0.15, -0.1) is 5.10 Å². The zero-order valence-corrected chi connectivity index (χ0v) is 20.4. The van der Waals surface area contributed by atoms with Crippen LogP contribution in [0.1, 0.15) is 51.9 Å². The summed E-state index contributed by atoms with van der Waals surface area (Å²) in [7, 11) is -3.70. The van der Waals surface area contributed by atoms with Gasteiger partial charge < -0.3 is 10.2 Å². The van der Waals surface area contributed by atoms with Gasteiger partial charge in [-0.2, -0.15) is 4.31 Å². The summed E-state index contributed by atoms with van der Waals surface area (Å²) in [6, 6.07) is 4.99. The Kier molecular flexibility index (Phi) is 7.98. The van der Waals surface area contributed by atoms with E-state index in [0.29, 0.717) is 31.4 Å². The van der Waals surface area contributed by atoms with Crippen molar-refractivity contribution in [1.82, 2.24) is 29.5 Å². The molecule has 1 amide bonds. The summed E-state index contributed by atoms with van der Waals surface area (Å²) in [6.45, 7) is 7.13. The second-order valence-corrected chi connectivity index (χ2v) is 11.2. The van der Waals surface area contributed by atoms with Gasteiger partial charge >= 0.3 is 0 Å². The molecular weight excluding hydrogens is 440 g/mol. The lowest BCUT2D eigenvalue weighted by atomic mass is 9.99. The fourth-order valence-electron chi connectivity index (χ4n) is 4.85. The van der Waals surface area contributed by atoms with Crippen molar-refractivity contribution in [3.05, 3.63) is 18.2 Å². The van der Waals surface area contributed by atoms with Crippen LogP contribution in [0.25, 0.3) is 11.0 Å². The molecule has 1 aromatic carbocycles. The van der Waals surface area contributed by atoms with Gasteiger partial charge in [0.15, 0.2) is 0 Å². The number of aryl methyl sites for hydroxylation is 1. The molecule has 0 saturated carbocycles. The highest BCUT2D eigenvalue weighted by Crippen LogP contribution is 2.26. The molecule has 1 aromatic heterocycles. The Bertz CT molecular complexity index is 1050. The van der Waals surface area contributed by atoms with Crippen molar-refractivity contribution in [3.8, 4) is 0 Å². The van der Waals surface area contributed by atoms with Crippen LogP contribution in [0.15, 0.2) is 23.1 Å². The zero-order chi connectivity index (χ0) is 23.3. The lowest BCUT2D eigenvalue weighted by Gasteiger charge is -2.31. The number of hydrogen-bond acceptors (Lipinski definition) is 6. The number of hydrogen-bond donors (Lipinski definition) is 1. The van der Waals surface area contributed by atoms with Crippen molar-refractivity contribution in [2.75, 3.05) is 39.3 Å². The molecule has 2 aliphatic rings. The number of carbonyl (C=O) groups excluding carboxylic acids is 1. The maximum absolute atomic E-state index is 13.3. The Balaban J connectivity index is 1.36. The van der Waals surface area contributed by atoms with Crippen LogP contribution in [0, 0.1) is 5.92 Å². The molecular formula is C23H36N6O3S. The van der Waals surface area contributed by atoms with E-state index in [-0.39, 0.29) is 23.3 Å². The average molecular weight is 477 g/mol. The lowest BCUT2D eigenvalue weighted by molar-refractivity contribution is -0.126. The van der Waals surface area contributed by atoms with E-state index >= 15 is 0 Å². The van der Waals surface area contributed by atoms with Crippen LogP contribution in [0.5, 0.6) is 0 Å². The SMILES string of the molecule is CCCn1nnc2cc(S(=O)(=O)N3CCC[C@@H](C(=O)NCCN4CCCCCC4)C3)ccc21. The first kappa shape index (κ1) is 24.1. The van der Waals surface area contributed by atoms with Gasteiger partial charge in [-0.05, 0) is 63.4 Å². The second kappa shape index (κ2) is 10.9. The molecule has 2 aromatic rings. The van der Waals surface area contributed by atoms with Gasteiger partial charge in [0, 0.05) is 32.7 Å². The minimum absolute atomic E-state index is 0.0392. The van der Waals surface area contributed by atoms with Crippen LogP contribution >= 0.6 is 0 Å². The molecule has 2 aliphatic heterocycles. The summed E-state index contributed by atoms with van der Waals surface area (Å²) in [5.41, 5.74) is 1.40. The van der Waals surface area contributed by atoms with Crippen molar-refractivity contribution < 1.29 is 13.2 Å². The van der Waals surface area contributed by atoms with Crippen LogP contribution in [0.4, 0.5) is 0 Å². The van der Waals surface area contributed by atoms with Gasteiger partial charge in [0.05, 0.1) is 16.3 Å². The summed E-state index contributed by atoms with van der Waals surface area (Å²) in [4.78, 5) is 15.4. The van der Waals surface area contributed by atoms with Gasteiger partial charge in [0.1, 0.15) is 5.52 Å². The summed E-state index contributed by atoms with van der Waals surface area (Å²) in [5, 5.41) is 11.3. The van der Waals surface area contributed by atoms with Crippen molar-refractivity contribution in [2.24, 2.45) is 5.92 Å². The third-order valence-corrected chi connectivity index (χ3v) is 8.60. The fourth-order valence-corrected chi connectivity index (χ4v) is 6.40. The van der Waals surface area contributed by atoms with E-state index in [4.69, 9.17) is 0 Å². The Hall–Kier alpha value is -2.04. The number of sulfonamides is 1. The van der Waals surface area contributed by atoms with E-state index in [1.54, 1.807) is 22.9 Å². The normalized spacial score (nSPS) is 21.2. The third-order valence-electron chi connectivity index (χ3n) is 6.74. The minimum atomic E-state index is -3.70. The molecule has 0 aliphatic carbocycles. The monoisotopic (exact) mass is 476 g/mol. The summed E-state index contributed by atoms with van der Waals surface area (Å²) in [5.74, 6) is -0.352. The lowest BCUT2D eigenvalue weighted by Crippen LogP contribution is -2.46. The number of benzene rings is 1. The Morgan fingerprint density at radius 3 is 2.64 bits per heavy atom. The molecule has 182 valence electrons. The highest BCUT2D eigenvalue weighted by Gasteiger charge is 2.33. The van der Waals surface area contributed by atoms with E-state index < -0.39 is 10.0 Å². The average Bonchev–Trinajstić information content (AvgIpc) is 3.04. The smallest absolute Gasteiger partial charge is 0.243 e. The Morgan fingerprint density at radius 1 is 1.09 bits per heavy atom. The first-order valence-electron chi connectivity index (χ1n) is 12.3. The third kappa shape index (κ3) is 5.73. The number of likely N-dealkylation sites (tertiary alicyclic amines) is 1. The molecule has 0 unspecified atom stereocenters. The standard InChI is InChI=1S/C23H36N6O3S/c1-2-12-29-22-10-9-20(17-21(22)25-26-29)33(31,32)28-15-7-8-19(18-28)23(30)24-11-16-27-13-5-3-4-6-14-27/h9-10,17,19H,2-8,11-16,18H2,1H3,(H,24,30)/t19-/m1/s1. The molecule has 2 saturated heterocycles. The maximum Gasteiger partial charge on any atom is 0.243 e. The number of aromatic nitrogens is 3. The predicted molar refractivity (Wildman–Crippen MR) is 127 cm³/mol. The molecule has 4 rings (SSSR count). The van der Waals surface area contributed by atoms with Crippen LogP contribution < -0.4 is 5.32 Å². The summed E-state index contributed by atoms with van der Waals surface area (Å²) in [6.07, 6.45) is 7.35. The van der Waals surface area contributed by atoms with E-state index in [0.717, 1.165) is 38.1 Å². The predicted octanol–water partition coefficient (Wildman–Crippen LogP) is 2.23. The van der Waals surface area contributed by atoms with E-state index in [9.17, 15) is 13.2 Å². The van der Waals surface area contributed by atoms with Gasteiger partial charge in [0.25, 0.3) is 0 Å². The number of nitrogens with zero attached hydrogens (tertiary/aromatic N) is 5. The van der Waals surface area contributed by atoms with Crippen LogP contribution in [0.3, 0.4) is 0 Å². The topological polar surface area (TPSA) is 100 Å². The number of fused-ring (bicyclic) bond motifs is 1. The Morgan fingerprint density at radius 2 is 1.88 bits per heavy atom. The van der Waals surface area contributed by atoms with E-state index in [1.165, 1.54) is 30.0 Å². The van der Waals surface area contributed by atoms with Crippen molar-refractivity contribution >= 4 is 27.0 Å². The number of nitrogens with one attached hydrogen (secondary N) is 1. The summed E-state index contributed by atoms with van der Waals surface area (Å²) >= 11 is 0. The quantitative estimate of drug-likeness (QED) is 0.627. The number of carbonyl (C=O) groups is 1. The highest BCUT2D eigenvalue weighted by molar-refractivity contribution is 7.89. The second-order valence-electron chi connectivity index (χ2n) is 9.21. The Labute approximate surface area is 196 Å². The highest BCUT2D eigenvalue weighted by atomic mass is 32.2. The molecule has 9 nitrogen and oxygen atoms in total. The van der Waals surface area contributed by atoms with Gasteiger partial charge in [-0.3, -0.25) is 4.79 Å². The maximum atomic E-state index is 13.3. The minimum Gasteiger partial charge on any atom is -0.355 e. The molecule has 1 N–H and O–H groups in total. The van der Waals surface area contributed by atoms with E-state index in [2.05, 4.69) is 27.5 Å². The molecule has 2 fully saturated rings. The first-order valence-corrected chi connectivity index (χ1v) is 13.8. The molecule has 0 radical (unpaired) electrons. The summed E-state index contributed by atoms with van der Waals surface area (Å²) < 4.78 is 29.9. The van der Waals surface area contributed by atoms with Crippen LogP contribution in [-0.4, -0.2) is 77.8 Å². The molecule has 3 heterocycles. The van der Waals surface area contributed by atoms with E-state index in [1.807, 2.05) is 0 Å². The largest absolute Gasteiger partial charge is 0.355 e. The van der Waals surface area contributed by atoms with Crippen LogP contribution in [-0.2, 0) is 21.4 Å². The number of amides is 1. The molecule has 0 bridgehead atoms. The number of rotatable bonds is 8. The van der Waals surface area contributed by atoms with Gasteiger partial charge in [0.2, 0.25) is 15.9 Å². The van der Waals surface area contributed by atoms with Crippen molar-refractivity contribution in [1.29, 1.82) is 0 Å². The first-order chi connectivity index (χ1) is 16.0. The fraction of sp³-hybridized carbons (Fsp3) is 0.696.